The Morgan fingerprint density at radius 2 is 1.79 bits per heavy atom. The maximum Gasteiger partial charge on any atom is 0.461 e. The van der Waals surface area contributed by atoms with Crippen LogP contribution >= 0.6 is 0 Å². The topological polar surface area (TPSA) is 69.9 Å². The summed E-state index contributed by atoms with van der Waals surface area (Å²) in [6.45, 7) is 0.923. The van der Waals surface area contributed by atoms with Crippen molar-refractivity contribution in [3.63, 3.8) is 0 Å². The van der Waals surface area contributed by atoms with Crippen molar-refractivity contribution in [3.05, 3.63) is 60.9 Å². The number of imidazole rings is 1. The van der Waals surface area contributed by atoms with Crippen LogP contribution in [0.5, 0.6) is 17.2 Å². The molecule has 1 N–H and O–H groups in total. The summed E-state index contributed by atoms with van der Waals surface area (Å²) in [6, 6.07) is 12.4. The standard InChI is InChI=1S/C22H16F4N4O3/c23-20(24)22(25,26)33-15-5-2-13(3-6-15)18-19(30-9-1-8-27-21(30)29-18)28-14-4-7-16-17(12-14)32-11-10-31-16/h1-9,12,20,28H,10-11H2. The van der Waals surface area contributed by atoms with Crippen molar-refractivity contribution < 1.29 is 31.8 Å². The summed E-state index contributed by atoms with van der Waals surface area (Å²) < 4.78 is 68.2. The van der Waals surface area contributed by atoms with Gasteiger partial charge in [-0.25, -0.2) is 9.97 Å². The van der Waals surface area contributed by atoms with Crippen molar-refractivity contribution in [2.75, 3.05) is 18.5 Å². The van der Waals surface area contributed by atoms with E-state index in [0.717, 1.165) is 0 Å². The predicted molar refractivity (Wildman–Crippen MR) is 111 cm³/mol. The first kappa shape index (κ1) is 20.9. The van der Waals surface area contributed by atoms with Gasteiger partial charge in [0.2, 0.25) is 5.78 Å². The van der Waals surface area contributed by atoms with E-state index < -0.39 is 18.3 Å². The Hall–Kier alpha value is -4.02. The fourth-order valence-electron chi connectivity index (χ4n) is 3.35. The molecule has 1 aliphatic rings. The van der Waals surface area contributed by atoms with Crippen LogP contribution in [0.1, 0.15) is 0 Å². The zero-order valence-corrected chi connectivity index (χ0v) is 16.8. The summed E-state index contributed by atoms with van der Waals surface area (Å²) in [5.41, 5.74) is 1.70. The molecule has 2 aromatic carbocycles. The van der Waals surface area contributed by atoms with Crippen molar-refractivity contribution in [3.8, 4) is 28.5 Å². The van der Waals surface area contributed by atoms with Crippen molar-refractivity contribution in [2.45, 2.75) is 12.5 Å². The summed E-state index contributed by atoms with van der Waals surface area (Å²) in [5.74, 6) is 1.80. The van der Waals surface area contributed by atoms with Crippen LogP contribution in [-0.2, 0) is 0 Å². The van der Waals surface area contributed by atoms with Gasteiger partial charge >= 0.3 is 12.5 Å². The summed E-state index contributed by atoms with van der Waals surface area (Å²) in [6.07, 6.45) is -5.17. The van der Waals surface area contributed by atoms with Gasteiger partial charge in [0.25, 0.3) is 0 Å². The van der Waals surface area contributed by atoms with Crippen LogP contribution < -0.4 is 19.5 Å². The van der Waals surface area contributed by atoms with E-state index in [1.54, 1.807) is 35.0 Å². The molecule has 0 saturated carbocycles. The number of halogens is 4. The van der Waals surface area contributed by atoms with Gasteiger partial charge in [-0.1, -0.05) is 0 Å². The minimum Gasteiger partial charge on any atom is -0.486 e. The third kappa shape index (κ3) is 4.09. The molecule has 0 saturated heterocycles. The number of fused-ring (bicyclic) bond motifs is 2. The molecule has 7 nitrogen and oxygen atoms in total. The minimum absolute atomic E-state index is 0.396. The Kier molecular flexibility index (Phi) is 5.15. The molecule has 11 heteroatoms. The van der Waals surface area contributed by atoms with E-state index in [0.29, 0.717) is 53.3 Å². The Morgan fingerprint density at radius 1 is 1.03 bits per heavy atom. The van der Waals surface area contributed by atoms with E-state index in [4.69, 9.17) is 9.47 Å². The number of ether oxygens (including phenoxy) is 3. The number of hydrogen-bond acceptors (Lipinski definition) is 6. The lowest BCUT2D eigenvalue weighted by Crippen LogP contribution is -2.33. The molecule has 33 heavy (non-hydrogen) atoms. The Morgan fingerprint density at radius 3 is 2.55 bits per heavy atom. The van der Waals surface area contributed by atoms with Gasteiger partial charge in [-0.3, -0.25) is 4.40 Å². The number of aromatic nitrogens is 3. The van der Waals surface area contributed by atoms with Gasteiger partial charge in [0.1, 0.15) is 30.5 Å². The maximum atomic E-state index is 13.2. The molecule has 0 atom stereocenters. The normalized spacial score (nSPS) is 13.4. The molecule has 2 aromatic heterocycles. The lowest BCUT2D eigenvalue weighted by atomic mass is 10.1. The molecule has 0 bridgehead atoms. The molecule has 0 unspecified atom stereocenters. The van der Waals surface area contributed by atoms with Gasteiger partial charge in [-0.2, -0.15) is 17.6 Å². The number of anilines is 2. The van der Waals surface area contributed by atoms with Crippen LogP contribution in [0.3, 0.4) is 0 Å². The molecule has 3 heterocycles. The summed E-state index contributed by atoms with van der Waals surface area (Å²) >= 11 is 0. The molecule has 0 spiro atoms. The molecule has 4 aromatic rings. The molecule has 0 aliphatic carbocycles. The lowest BCUT2D eigenvalue weighted by molar-refractivity contribution is -0.253. The molecule has 170 valence electrons. The molecular formula is C22H16F4N4O3. The second-order valence-corrected chi connectivity index (χ2v) is 7.07. The summed E-state index contributed by atoms with van der Waals surface area (Å²) in [4.78, 5) is 8.77. The number of nitrogens with one attached hydrogen (secondary N) is 1. The van der Waals surface area contributed by atoms with Crippen LogP contribution in [0.25, 0.3) is 17.0 Å². The van der Waals surface area contributed by atoms with Crippen molar-refractivity contribution >= 4 is 17.3 Å². The second-order valence-electron chi connectivity index (χ2n) is 7.07. The first-order valence-electron chi connectivity index (χ1n) is 9.86. The van der Waals surface area contributed by atoms with E-state index >= 15 is 0 Å². The lowest BCUT2D eigenvalue weighted by Gasteiger charge is -2.19. The zero-order valence-electron chi connectivity index (χ0n) is 16.8. The third-order valence-electron chi connectivity index (χ3n) is 4.84. The van der Waals surface area contributed by atoms with Crippen molar-refractivity contribution in [1.82, 2.24) is 14.4 Å². The number of nitrogens with zero attached hydrogens (tertiary/aromatic N) is 3. The van der Waals surface area contributed by atoms with Gasteiger partial charge in [0.05, 0.1) is 0 Å². The van der Waals surface area contributed by atoms with E-state index in [9.17, 15) is 17.6 Å². The highest BCUT2D eigenvalue weighted by Crippen LogP contribution is 2.37. The Balaban J connectivity index is 1.50. The molecule has 0 fully saturated rings. The van der Waals surface area contributed by atoms with E-state index in [2.05, 4.69) is 20.0 Å². The third-order valence-corrected chi connectivity index (χ3v) is 4.84. The zero-order chi connectivity index (χ0) is 23.0. The second kappa shape index (κ2) is 8.15. The number of rotatable bonds is 6. The number of benzene rings is 2. The van der Waals surface area contributed by atoms with E-state index in [-0.39, 0.29) is 0 Å². The summed E-state index contributed by atoms with van der Waals surface area (Å²) in [7, 11) is 0. The Labute approximate surface area is 184 Å². The van der Waals surface area contributed by atoms with Crippen LogP contribution in [-0.4, -0.2) is 40.1 Å². The van der Waals surface area contributed by atoms with Gasteiger partial charge in [0, 0.05) is 29.7 Å². The molecule has 5 rings (SSSR count). The summed E-state index contributed by atoms with van der Waals surface area (Å²) in [5, 5.41) is 3.29. The van der Waals surface area contributed by atoms with Crippen LogP contribution in [0.2, 0.25) is 0 Å². The monoisotopic (exact) mass is 460 g/mol. The Bertz CT molecular complexity index is 1290. The molecular weight excluding hydrogens is 444 g/mol. The highest BCUT2D eigenvalue weighted by atomic mass is 19.3. The van der Waals surface area contributed by atoms with Crippen LogP contribution in [0.4, 0.5) is 29.1 Å². The average Bonchev–Trinajstić information content (AvgIpc) is 3.17. The molecule has 0 radical (unpaired) electrons. The van der Waals surface area contributed by atoms with Gasteiger partial charge in [-0.15, -0.1) is 0 Å². The van der Waals surface area contributed by atoms with E-state index in [1.165, 1.54) is 24.3 Å². The van der Waals surface area contributed by atoms with Crippen molar-refractivity contribution in [1.29, 1.82) is 0 Å². The first-order chi connectivity index (χ1) is 15.9. The number of alkyl halides is 4. The van der Waals surface area contributed by atoms with Crippen LogP contribution in [0, 0.1) is 0 Å². The average molecular weight is 460 g/mol. The fourth-order valence-corrected chi connectivity index (χ4v) is 3.35. The predicted octanol–water partition coefficient (Wildman–Crippen LogP) is 5.15. The van der Waals surface area contributed by atoms with Gasteiger partial charge < -0.3 is 19.5 Å². The van der Waals surface area contributed by atoms with Gasteiger partial charge in [-0.05, 0) is 42.5 Å². The largest absolute Gasteiger partial charge is 0.486 e. The van der Waals surface area contributed by atoms with Gasteiger partial charge in [0.15, 0.2) is 11.5 Å². The minimum atomic E-state index is -4.58. The van der Waals surface area contributed by atoms with E-state index in [1.807, 2.05) is 6.07 Å². The SMILES string of the molecule is FC(F)C(F)(F)Oc1ccc(-c2nc3ncccn3c2Nc2ccc3c(c2)OCCO3)cc1. The quantitative estimate of drug-likeness (QED) is 0.402. The smallest absolute Gasteiger partial charge is 0.461 e. The van der Waals surface area contributed by atoms with Crippen molar-refractivity contribution in [2.24, 2.45) is 0 Å². The maximum absolute atomic E-state index is 13.2. The number of hydrogen-bond donors (Lipinski definition) is 1. The highest BCUT2D eigenvalue weighted by Gasteiger charge is 2.43. The molecule has 0 amide bonds. The first-order valence-corrected chi connectivity index (χ1v) is 9.86. The fraction of sp³-hybridized carbons (Fsp3) is 0.182. The molecule has 1 aliphatic heterocycles. The van der Waals surface area contributed by atoms with Crippen LogP contribution in [0.15, 0.2) is 60.9 Å². The highest BCUT2D eigenvalue weighted by molar-refractivity contribution is 5.79.